The molecule has 9 heteroatoms. The van der Waals surface area contributed by atoms with Gasteiger partial charge >= 0.3 is 0 Å². The first-order chi connectivity index (χ1) is 17.8. The molecule has 3 heterocycles. The van der Waals surface area contributed by atoms with Gasteiger partial charge in [-0.1, -0.05) is 73.7 Å². The van der Waals surface area contributed by atoms with Crippen molar-refractivity contribution >= 4 is 51.1 Å². The molecule has 0 aromatic heterocycles. The molecular weight excluding hydrogens is 554 g/mol. The Bertz CT molecular complexity index is 1020. The predicted octanol–water partition coefficient (Wildman–Crippen LogP) is 3.95. The first-order valence-electron chi connectivity index (χ1n) is 13.7. The van der Waals surface area contributed by atoms with Crippen LogP contribution >= 0.6 is 27.7 Å². The second-order valence-corrected chi connectivity index (χ2v) is 14.0. The van der Waals surface area contributed by atoms with Crippen LogP contribution in [0.15, 0.2) is 30.3 Å². The number of rotatable bonds is 8. The molecule has 0 radical (unpaired) electrons. The van der Waals surface area contributed by atoms with Crippen LogP contribution in [0.1, 0.15) is 58.8 Å². The number of thioether (sulfide) groups is 1. The number of alkyl halides is 1. The summed E-state index contributed by atoms with van der Waals surface area (Å²) in [5.41, 5.74) is 0.696. The molecule has 1 saturated carbocycles. The number of para-hydroxylation sites is 1. The number of carbonyl (C=O) groups is 3. The van der Waals surface area contributed by atoms with Crippen LogP contribution in [0, 0.1) is 17.8 Å². The van der Waals surface area contributed by atoms with Gasteiger partial charge in [-0.15, -0.1) is 11.8 Å². The Kier molecular flexibility index (Phi) is 7.95. The number of halogens is 1. The predicted molar refractivity (Wildman–Crippen MR) is 149 cm³/mol. The zero-order chi connectivity index (χ0) is 26.3. The summed E-state index contributed by atoms with van der Waals surface area (Å²) in [6.07, 6.45) is 6.71. The van der Waals surface area contributed by atoms with Gasteiger partial charge in [0.25, 0.3) is 0 Å². The van der Waals surface area contributed by atoms with Crippen LogP contribution in [-0.2, 0) is 14.4 Å². The maximum absolute atomic E-state index is 14.3. The molecule has 3 aliphatic heterocycles. The van der Waals surface area contributed by atoms with E-state index in [4.69, 9.17) is 0 Å². The van der Waals surface area contributed by atoms with Crippen LogP contribution in [0.5, 0.6) is 0 Å². The number of aliphatic hydroxyl groups excluding tert-OH is 1. The Labute approximate surface area is 232 Å². The van der Waals surface area contributed by atoms with Crippen LogP contribution in [-0.4, -0.2) is 67.3 Å². The van der Waals surface area contributed by atoms with Gasteiger partial charge in [0.05, 0.1) is 29.2 Å². The second kappa shape index (κ2) is 10.9. The molecule has 8 atom stereocenters. The van der Waals surface area contributed by atoms with E-state index in [0.29, 0.717) is 12.1 Å². The zero-order valence-corrected chi connectivity index (χ0v) is 24.0. The summed E-state index contributed by atoms with van der Waals surface area (Å²) in [6.45, 7) is 3.85. The summed E-state index contributed by atoms with van der Waals surface area (Å²) in [6, 6.07) is 8.25. The lowest BCUT2D eigenvalue weighted by molar-refractivity contribution is -0.143. The molecule has 7 nitrogen and oxygen atoms in total. The van der Waals surface area contributed by atoms with Gasteiger partial charge in [0.1, 0.15) is 6.04 Å². The molecule has 1 spiro atoms. The summed E-state index contributed by atoms with van der Waals surface area (Å²) in [7, 11) is 0. The van der Waals surface area contributed by atoms with Crippen LogP contribution < -0.4 is 10.6 Å². The number of nitrogens with one attached hydrogen (secondary N) is 2. The number of hydrogen-bond donors (Lipinski definition) is 3. The van der Waals surface area contributed by atoms with Crippen LogP contribution in [0.4, 0.5) is 5.69 Å². The lowest BCUT2D eigenvalue weighted by Crippen LogP contribution is -2.59. The topological polar surface area (TPSA) is 98.7 Å². The second-order valence-electron chi connectivity index (χ2n) is 11.2. The Balaban J connectivity index is 1.51. The number of fused-ring (bicyclic) bond motifs is 1. The molecule has 5 rings (SSSR count). The van der Waals surface area contributed by atoms with Crippen molar-refractivity contribution < 1.29 is 19.5 Å². The van der Waals surface area contributed by atoms with Crippen molar-refractivity contribution in [2.45, 2.75) is 91.7 Å². The summed E-state index contributed by atoms with van der Waals surface area (Å²) < 4.78 is -0.700. The summed E-state index contributed by atoms with van der Waals surface area (Å²) in [5.74, 6) is -1.59. The molecule has 37 heavy (non-hydrogen) atoms. The smallest absolute Gasteiger partial charge is 0.244 e. The van der Waals surface area contributed by atoms with E-state index in [1.807, 2.05) is 44.2 Å². The van der Waals surface area contributed by atoms with Gasteiger partial charge in [-0.05, 0) is 37.3 Å². The van der Waals surface area contributed by atoms with Crippen molar-refractivity contribution in [2.24, 2.45) is 17.8 Å². The number of amides is 3. The number of aliphatic hydroxyl groups is 1. The van der Waals surface area contributed by atoms with Gasteiger partial charge in [0.2, 0.25) is 17.7 Å². The highest BCUT2D eigenvalue weighted by atomic mass is 79.9. The van der Waals surface area contributed by atoms with E-state index in [1.54, 1.807) is 16.7 Å². The third-order valence-corrected chi connectivity index (χ3v) is 12.3. The highest BCUT2D eigenvalue weighted by molar-refractivity contribution is 9.09. The molecule has 4 aliphatic rings. The molecular formula is C28H38BrN3O4S. The standard InChI is InChI=1S/C28H38BrN3O4S/c1-3-16(2)20(15-33)32-24(26(35)31-18-12-8-5-9-13-18)28-14-19(29)23(37-28)21(22(28)27(32)36)25(34)30-17-10-6-4-7-11-17/h4,6-7,10-11,16,18-24,33H,3,5,8-9,12-15H2,1-2H3,(H,30,34)(H,31,35)/t16-,19?,20-,21-,22-,23-,24?,28?/m0/s1. The molecule has 1 aliphatic carbocycles. The fourth-order valence-corrected chi connectivity index (χ4v) is 10.7. The maximum Gasteiger partial charge on any atom is 0.244 e. The van der Waals surface area contributed by atoms with E-state index in [9.17, 15) is 19.5 Å². The minimum Gasteiger partial charge on any atom is -0.394 e. The molecule has 3 unspecified atom stereocenters. The normalized spacial score (nSPS) is 34.8. The van der Waals surface area contributed by atoms with E-state index in [0.717, 1.165) is 32.1 Å². The van der Waals surface area contributed by atoms with Crippen molar-refractivity contribution in [3.63, 3.8) is 0 Å². The minimum atomic E-state index is -0.706. The van der Waals surface area contributed by atoms with Gasteiger partial charge in [0.15, 0.2) is 0 Å². The highest BCUT2D eigenvalue weighted by Crippen LogP contribution is 2.68. The fraction of sp³-hybridized carbons (Fsp3) is 0.679. The zero-order valence-electron chi connectivity index (χ0n) is 21.6. The Hall–Kier alpha value is -1.58. The SMILES string of the molecule is CC[C@H](C)[C@H](CO)N1C(=O)[C@@H]2[C@H](C(=O)Nc3ccccc3)[C@H]3SC2(CC3Br)C1C(=O)NC1CCCCC1. The van der Waals surface area contributed by atoms with Gasteiger partial charge in [0, 0.05) is 21.8 Å². The summed E-state index contributed by atoms with van der Waals surface area (Å²) in [4.78, 5) is 43.8. The number of anilines is 1. The van der Waals surface area contributed by atoms with Gasteiger partial charge in [-0.2, -0.15) is 0 Å². The van der Waals surface area contributed by atoms with Crippen molar-refractivity contribution in [2.75, 3.05) is 11.9 Å². The van der Waals surface area contributed by atoms with Crippen molar-refractivity contribution in [3.05, 3.63) is 30.3 Å². The first kappa shape index (κ1) is 27.0. The van der Waals surface area contributed by atoms with E-state index in [2.05, 4.69) is 26.6 Å². The maximum atomic E-state index is 14.3. The van der Waals surface area contributed by atoms with Crippen molar-refractivity contribution in [1.82, 2.24) is 10.2 Å². The molecule has 3 amide bonds. The third-order valence-electron chi connectivity index (χ3n) is 9.12. The number of likely N-dealkylation sites (tertiary alicyclic amines) is 1. The average Bonchev–Trinajstić information content (AvgIpc) is 3.49. The average molecular weight is 593 g/mol. The Morgan fingerprint density at radius 2 is 1.89 bits per heavy atom. The van der Waals surface area contributed by atoms with Crippen molar-refractivity contribution in [3.8, 4) is 0 Å². The summed E-state index contributed by atoms with van der Waals surface area (Å²) in [5, 5.41) is 16.7. The number of carbonyl (C=O) groups excluding carboxylic acids is 3. The summed E-state index contributed by atoms with van der Waals surface area (Å²) >= 11 is 5.47. The van der Waals surface area contributed by atoms with Crippen LogP contribution in [0.3, 0.4) is 0 Å². The number of hydrogen-bond acceptors (Lipinski definition) is 5. The monoisotopic (exact) mass is 591 g/mol. The Morgan fingerprint density at radius 1 is 1.19 bits per heavy atom. The molecule has 1 aromatic rings. The van der Waals surface area contributed by atoms with Crippen LogP contribution in [0.25, 0.3) is 0 Å². The molecule has 202 valence electrons. The minimum absolute atomic E-state index is 0.0210. The molecule has 4 fully saturated rings. The highest BCUT2D eigenvalue weighted by Gasteiger charge is 2.76. The molecule has 2 bridgehead atoms. The van der Waals surface area contributed by atoms with E-state index in [1.165, 1.54) is 6.42 Å². The quantitative estimate of drug-likeness (QED) is 0.398. The lowest BCUT2D eigenvalue weighted by Gasteiger charge is -2.40. The van der Waals surface area contributed by atoms with Gasteiger partial charge in [-0.25, -0.2) is 0 Å². The van der Waals surface area contributed by atoms with Gasteiger partial charge < -0.3 is 20.6 Å². The molecule has 1 aromatic carbocycles. The fourth-order valence-electron chi connectivity index (χ4n) is 7.11. The first-order valence-corrected chi connectivity index (χ1v) is 15.5. The van der Waals surface area contributed by atoms with Gasteiger partial charge in [-0.3, -0.25) is 14.4 Å². The van der Waals surface area contributed by atoms with Crippen LogP contribution in [0.2, 0.25) is 0 Å². The number of nitrogens with zero attached hydrogens (tertiary/aromatic N) is 1. The molecule has 3 saturated heterocycles. The van der Waals surface area contributed by atoms with Crippen molar-refractivity contribution in [1.29, 1.82) is 0 Å². The van der Waals surface area contributed by atoms with E-state index in [-0.39, 0.29) is 46.4 Å². The van der Waals surface area contributed by atoms with E-state index < -0.39 is 28.7 Å². The third kappa shape index (κ3) is 4.63. The Morgan fingerprint density at radius 3 is 2.54 bits per heavy atom. The lowest BCUT2D eigenvalue weighted by atomic mass is 9.70. The van der Waals surface area contributed by atoms with E-state index >= 15 is 0 Å². The largest absolute Gasteiger partial charge is 0.394 e. The molecule has 3 N–H and O–H groups in total. The number of benzene rings is 1.